The molecule has 0 aliphatic carbocycles. The van der Waals surface area contributed by atoms with Crippen molar-refractivity contribution in [2.75, 3.05) is 0 Å². The minimum atomic E-state index is -0.787. The van der Waals surface area contributed by atoms with Crippen molar-refractivity contribution in [3.63, 3.8) is 0 Å². The first-order valence-corrected chi connectivity index (χ1v) is 5.07. The first-order chi connectivity index (χ1) is 6.84. The van der Waals surface area contributed by atoms with Gasteiger partial charge in [-0.05, 0) is 45.7 Å². The lowest BCUT2D eigenvalue weighted by molar-refractivity contribution is -0.124. The summed E-state index contributed by atoms with van der Waals surface area (Å²) in [5.74, 6) is -0.185. The van der Waals surface area contributed by atoms with E-state index in [1.165, 1.54) is 30.5 Å². The smallest absolute Gasteiger partial charge is 0.157 e. The highest BCUT2D eigenvalue weighted by molar-refractivity contribution is 5.79. The van der Waals surface area contributed by atoms with Gasteiger partial charge in [0.2, 0.25) is 0 Å². The number of benzene rings is 1. The fourth-order valence-electron chi connectivity index (χ4n) is 0.891. The van der Waals surface area contributed by atoms with Gasteiger partial charge in [-0.15, -0.1) is 0 Å². The number of aliphatic hydroxyl groups excluding tert-OH is 1. The zero-order valence-corrected chi connectivity index (χ0v) is 10.2. The van der Waals surface area contributed by atoms with Gasteiger partial charge in [0.15, 0.2) is 5.78 Å². The van der Waals surface area contributed by atoms with E-state index in [1.807, 2.05) is 0 Å². The molecule has 0 spiro atoms. The topological polar surface area (TPSA) is 37.3 Å². The molecule has 1 unspecified atom stereocenters. The average molecular weight is 208 g/mol. The molecule has 1 rings (SSSR count). The first kappa shape index (κ1) is 13.8. The van der Waals surface area contributed by atoms with E-state index >= 15 is 0 Å². The Morgan fingerprint density at radius 1 is 1.20 bits per heavy atom. The van der Waals surface area contributed by atoms with Crippen molar-refractivity contribution in [3.05, 3.63) is 34.9 Å². The molecular weight excluding hydrogens is 188 g/mol. The van der Waals surface area contributed by atoms with E-state index < -0.39 is 6.10 Å². The Morgan fingerprint density at radius 3 is 1.93 bits per heavy atom. The average Bonchev–Trinajstić information content (AvgIpc) is 2.13. The van der Waals surface area contributed by atoms with E-state index in [-0.39, 0.29) is 5.78 Å². The summed E-state index contributed by atoms with van der Waals surface area (Å²) in [4.78, 5) is 9.89. The maximum atomic E-state index is 9.89. The molecule has 0 fully saturated rings. The minimum absolute atomic E-state index is 0.185. The van der Waals surface area contributed by atoms with Gasteiger partial charge in [-0.25, -0.2) is 0 Å². The lowest BCUT2D eigenvalue weighted by atomic mass is 10.1. The molecule has 0 amide bonds. The van der Waals surface area contributed by atoms with Gasteiger partial charge in [-0.3, -0.25) is 4.79 Å². The van der Waals surface area contributed by atoms with Crippen LogP contribution in [-0.2, 0) is 4.79 Å². The van der Waals surface area contributed by atoms with Crippen LogP contribution in [0.4, 0.5) is 0 Å². The summed E-state index contributed by atoms with van der Waals surface area (Å²) in [7, 11) is 0. The van der Waals surface area contributed by atoms with Crippen LogP contribution in [0.25, 0.3) is 0 Å². The van der Waals surface area contributed by atoms with Crippen LogP contribution in [0.1, 0.15) is 30.5 Å². The number of carbonyl (C=O) groups is 1. The molecule has 1 N–H and O–H groups in total. The molecule has 1 atom stereocenters. The van der Waals surface area contributed by atoms with E-state index in [0.29, 0.717) is 0 Å². The fraction of sp³-hybridized carbons (Fsp3) is 0.462. The number of aryl methyl sites for hydroxylation is 3. The summed E-state index contributed by atoms with van der Waals surface area (Å²) in [5.41, 5.74) is 4.11. The van der Waals surface area contributed by atoms with Gasteiger partial charge < -0.3 is 5.11 Å². The third kappa shape index (κ3) is 6.02. The highest BCUT2D eigenvalue weighted by Gasteiger charge is 1.97. The predicted octanol–water partition coefficient (Wildman–Crippen LogP) is 2.57. The fourth-order valence-corrected chi connectivity index (χ4v) is 0.891. The minimum Gasteiger partial charge on any atom is -0.386 e. The van der Waals surface area contributed by atoms with Crippen LogP contribution < -0.4 is 0 Å². The zero-order valence-electron chi connectivity index (χ0n) is 10.2. The molecule has 1 aromatic rings. The number of ketones is 1. The van der Waals surface area contributed by atoms with Gasteiger partial charge in [-0.1, -0.05) is 23.8 Å². The van der Waals surface area contributed by atoms with Gasteiger partial charge in [0.05, 0.1) is 0 Å². The maximum absolute atomic E-state index is 9.89. The Balaban J connectivity index is 0.000000288. The predicted molar refractivity (Wildman–Crippen MR) is 63.0 cm³/mol. The zero-order chi connectivity index (χ0) is 12.0. The van der Waals surface area contributed by atoms with Gasteiger partial charge in [-0.2, -0.15) is 0 Å². The highest BCUT2D eigenvalue weighted by Crippen LogP contribution is 2.07. The number of rotatable bonds is 1. The van der Waals surface area contributed by atoms with Crippen LogP contribution in [-0.4, -0.2) is 17.0 Å². The molecule has 0 radical (unpaired) electrons. The summed E-state index contributed by atoms with van der Waals surface area (Å²) in [6.07, 6.45) is -0.787. The summed E-state index contributed by atoms with van der Waals surface area (Å²) in [5, 5.41) is 8.28. The summed E-state index contributed by atoms with van der Waals surface area (Å²) < 4.78 is 0. The summed E-state index contributed by atoms with van der Waals surface area (Å²) in [6, 6.07) is 6.50. The van der Waals surface area contributed by atoms with Gasteiger partial charge >= 0.3 is 0 Å². The summed E-state index contributed by atoms with van der Waals surface area (Å²) >= 11 is 0. The summed E-state index contributed by atoms with van der Waals surface area (Å²) in [6.45, 7) is 9.19. The van der Waals surface area contributed by atoms with Gasteiger partial charge in [0.1, 0.15) is 6.10 Å². The van der Waals surface area contributed by atoms with Gasteiger partial charge in [0.25, 0.3) is 0 Å². The van der Waals surface area contributed by atoms with Crippen LogP contribution in [0, 0.1) is 20.8 Å². The standard InChI is InChI=1S/C9H12.C4H8O2/c1-7-4-5-8(2)9(3)6-7;1-3(5)4(2)6/h4-6H,1-3H3;3,5H,1-2H3. The number of hydrogen-bond acceptors (Lipinski definition) is 2. The highest BCUT2D eigenvalue weighted by atomic mass is 16.3. The molecule has 1 aromatic carbocycles. The van der Waals surface area contributed by atoms with Crippen LogP contribution >= 0.6 is 0 Å². The molecular formula is C13H20O2. The second kappa shape index (κ2) is 6.36. The quantitative estimate of drug-likeness (QED) is 0.770. The van der Waals surface area contributed by atoms with Crippen molar-refractivity contribution in [3.8, 4) is 0 Å². The molecule has 2 nitrogen and oxygen atoms in total. The number of carbonyl (C=O) groups excluding carboxylic acids is 1. The second-order valence-corrected chi connectivity index (χ2v) is 3.87. The lowest BCUT2D eigenvalue weighted by Gasteiger charge is -1.98. The van der Waals surface area contributed by atoms with Crippen molar-refractivity contribution >= 4 is 5.78 Å². The van der Waals surface area contributed by atoms with Crippen LogP contribution in [0.2, 0.25) is 0 Å². The molecule has 0 aromatic heterocycles. The molecule has 0 saturated carbocycles. The lowest BCUT2D eigenvalue weighted by Crippen LogP contribution is -2.10. The number of hydrogen-bond donors (Lipinski definition) is 1. The molecule has 15 heavy (non-hydrogen) atoms. The Morgan fingerprint density at radius 2 is 1.67 bits per heavy atom. The molecule has 0 heterocycles. The molecule has 2 heteroatoms. The Bertz CT molecular complexity index is 327. The SMILES string of the molecule is CC(=O)C(C)O.Cc1ccc(C)c(C)c1. The first-order valence-electron chi connectivity index (χ1n) is 5.07. The molecule has 0 saturated heterocycles. The maximum Gasteiger partial charge on any atom is 0.157 e. The van der Waals surface area contributed by atoms with Crippen molar-refractivity contribution in [1.82, 2.24) is 0 Å². The van der Waals surface area contributed by atoms with E-state index in [1.54, 1.807) is 0 Å². The van der Waals surface area contributed by atoms with Crippen LogP contribution in [0.5, 0.6) is 0 Å². The van der Waals surface area contributed by atoms with E-state index in [0.717, 1.165) is 0 Å². The third-order valence-electron chi connectivity index (χ3n) is 2.25. The van der Waals surface area contributed by atoms with E-state index in [2.05, 4.69) is 39.0 Å². The Kier molecular flexibility index (Phi) is 5.87. The van der Waals surface area contributed by atoms with Crippen molar-refractivity contribution in [1.29, 1.82) is 0 Å². The molecule has 0 aliphatic rings. The van der Waals surface area contributed by atoms with Crippen molar-refractivity contribution < 1.29 is 9.90 Å². The monoisotopic (exact) mass is 208 g/mol. The number of Topliss-reactive ketones (excluding diaryl/α,β-unsaturated/α-hetero) is 1. The van der Waals surface area contributed by atoms with Crippen molar-refractivity contribution in [2.45, 2.75) is 40.7 Å². The molecule has 0 bridgehead atoms. The van der Waals surface area contributed by atoms with E-state index in [4.69, 9.17) is 5.11 Å². The van der Waals surface area contributed by atoms with Gasteiger partial charge in [0, 0.05) is 0 Å². The van der Waals surface area contributed by atoms with Crippen LogP contribution in [0.15, 0.2) is 18.2 Å². The second-order valence-electron chi connectivity index (χ2n) is 3.87. The number of aliphatic hydroxyl groups is 1. The third-order valence-corrected chi connectivity index (χ3v) is 2.25. The normalized spacial score (nSPS) is 11.3. The Labute approximate surface area is 91.9 Å². The van der Waals surface area contributed by atoms with Crippen LogP contribution in [0.3, 0.4) is 0 Å². The van der Waals surface area contributed by atoms with Crippen molar-refractivity contribution in [2.24, 2.45) is 0 Å². The Hall–Kier alpha value is -1.15. The molecule has 0 aliphatic heterocycles. The van der Waals surface area contributed by atoms with E-state index in [9.17, 15) is 4.79 Å². The molecule has 84 valence electrons. The largest absolute Gasteiger partial charge is 0.386 e.